The predicted octanol–water partition coefficient (Wildman–Crippen LogP) is 5.19. The van der Waals surface area contributed by atoms with Crippen molar-refractivity contribution in [3.05, 3.63) is 76.3 Å². The number of aromatic nitrogens is 1. The number of aryl methyl sites for hydroxylation is 1. The molecule has 1 aromatic heterocycles. The average molecular weight is 430 g/mol. The Kier molecular flexibility index (Phi) is 5.69. The summed E-state index contributed by atoms with van der Waals surface area (Å²) in [5.74, 6) is 0.521. The maximum absolute atomic E-state index is 13.3. The molecule has 0 unspecified atom stereocenters. The van der Waals surface area contributed by atoms with Crippen molar-refractivity contribution >= 4 is 34.4 Å². The maximum atomic E-state index is 13.3. The number of amides is 1. The molecule has 4 rings (SSSR count). The van der Waals surface area contributed by atoms with Gasteiger partial charge < -0.3 is 4.52 Å². The normalized spacial score (nSPS) is 13.6. The van der Waals surface area contributed by atoms with Crippen LogP contribution in [0, 0.1) is 12.7 Å². The van der Waals surface area contributed by atoms with Crippen LogP contribution in [0.5, 0.6) is 0 Å². The highest BCUT2D eigenvalue weighted by atomic mass is 35.5. The summed E-state index contributed by atoms with van der Waals surface area (Å²) >= 11 is 7.74. The molecular formula is C21H17ClFN3O2S. The topological polar surface area (TPSA) is 58.7 Å². The van der Waals surface area contributed by atoms with Crippen LogP contribution in [0.15, 0.2) is 58.0 Å². The second-order valence-corrected chi connectivity index (χ2v) is 7.83. The molecule has 2 aromatic carbocycles. The van der Waals surface area contributed by atoms with Gasteiger partial charge in [-0.2, -0.15) is 0 Å². The number of carbonyl (C=O) groups is 1. The zero-order valence-corrected chi connectivity index (χ0v) is 17.1. The first-order valence-corrected chi connectivity index (χ1v) is 10.4. The summed E-state index contributed by atoms with van der Waals surface area (Å²) in [6, 6.07) is 13.5. The SMILES string of the molecule is Cc1onc(-c2ccccc2Cl)c1C(=O)N1CCN=C1SCc1ccc(F)cc1. The zero-order valence-electron chi connectivity index (χ0n) is 15.6. The number of aliphatic imine (C=N–C) groups is 1. The van der Waals surface area contributed by atoms with Crippen LogP contribution in [0.4, 0.5) is 4.39 Å². The molecule has 3 aromatic rings. The molecular weight excluding hydrogens is 413 g/mol. The lowest BCUT2D eigenvalue weighted by Gasteiger charge is -2.18. The summed E-state index contributed by atoms with van der Waals surface area (Å²) < 4.78 is 18.4. The molecule has 8 heteroatoms. The Morgan fingerprint density at radius 1 is 1.24 bits per heavy atom. The highest BCUT2D eigenvalue weighted by Crippen LogP contribution is 2.32. The summed E-state index contributed by atoms with van der Waals surface area (Å²) in [4.78, 5) is 19.4. The molecule has 2 heterocycles. The Labute approximate surface area is 176 Å². The molecule has 1 aliphatic rings. The third-order valence-electron chi connectivity index (χ3n) is 4.53. The molecule has 1 aliphatic heterocycles. The van der Waals surface area contributed by atoms with Gasteiger partial charge in [0.2, 0.25) is 0 Å². The van der Waals surface area contributed by atoms with E-state index in [0.717, 1.165) is 5.56 Å². The van der Waals surface area contributed by atoms with E-state index in [1.54, 1.807) is 36.1 Å². The van der Waals surface area contributed by atoms with Gasteiger partial charge in [0.15, 0.2) is 5.17 Å². The Bertz CT molecular complexity index is 1080. The molecule has 0 aliphatic carbocycles. The molecule has 0 radical (unpaired) electrons. The maximum Gasteiger partial charge on any atom is 0.265 e. The second-order valence-electron chi connectivity index (χ2n) is 6.48. The van der Waals surface area contributed by atoms with Crippen LogP contribution in [0.3, 0.4) is 0 Å². The smallest absolute Gasteiger partial charge is 0.265 e. The third-order valence-corrected chi connectivity index (χ3v) is 5.95. The van der Waals surface area contributed by atoms with Gasteiger partial charge in [-0.1, -0.05) is 58.9 Å². The largest absolute Gasteiger partial charge is 0.360 e. The van der Waals surface area contributed by atoms with Crippen LogP contribution in [0.1, 0.15) is 21.7 Å². The number of nitrogens with zero attached hydrogens (tertiary/aromatic N) is 3. The number of halogens is 2. The second kappa shape index (κ2) is 8.39. The minimum atomic E-state index is -0.274. The number of rotatable bonds is 4. The van der Waals surface area contributed by atoms with E-state index in [0.29, 0.717) is 51.6 Å². The molecule has 0 spiro atoms. The molecule has 5 nitrogen and oxygen atoms in total. The van der Waals surface area contributed by atoms with E-state index >= 15 is 0 Å². The van der Waals surface area contributed by atoms with Crippen molar-refractivity contribution in [2.45, 2.75) is 12.7 Å². The van der Waals surface area contributed by atoms with E-state index in [2.05, 4.69) is 10.1 Å². The van der Waals surface area contributed by atoms with Crippen molar-refractivity contribution in [2.75, 3.05) is 13.1 Å². The Balaban J connectivity index is 1.57. The average Bonchev–Trinajstić information content (AvgIpc) is 3.34. The lowest BCUT2D eigenvalue weighted by atomic mass is 10.1. The molecule has 148 valence electrons. The van der Waals surface area contributed by atoms with Crippen molar-refractivity contribution in [2.24, 2.45) is 4.99 Å². The number of hydrogen-bond donors (Lipinski definition) is 0. The van der Waals surface area contributed by atoms with Crippen molar-refractivity contribution in [3.63, 3.8) is 0 Å². The fraction of sp³-hybridized carbons (Fsp3) is 0.190. The quantitative estimate of drug-likeness (QED) is 0.572. The van der Waals surface area contributed by atoms with E-state index in [-0.39, 0.29) is 11.7 Å². The highest BCUT2D eigenvalue weighted by molar-refractivity contribution is 8.13. The number of carbonyl (C=O) groups excluding carboxylic acids is 1. The molecule has 29 heavy (non-hydrogen) atoms. The Morgan fingerprint density at radius 2 is 2.00 bits per heavy atom. The molecule has 0 atom stereocenters. The lowest BCUT2D eigenvalue weighted by molar-refractivity contribution is 0.0859. The summed E-state index contributed by atoms with van der Waals surface area (Å²) in [5, 5.41) is 5.20. The highest BCUT2D eigenvalue weighted by Gasteiger charge is 2.31. The molecule has 0 fully saturated rings. The summed E-state index contributed by atoms with van der Waals surface area (Å²) in [6.07, 6.45) is 0. The number of amidine groups is 1. The van der Waals surface area contributed by atoms with E-state index in [9.17, 15) is 9.18 Å². The number of hydrogen-bond acceptors (Lipinski definition) is 5. The van der Waals surface area contributed by atoms with Gasteiger partial charge in [0.05, 0.1) is 11.6 Å². The van der Waals surface area contributed by atoms with Crippen LogP contribution < -0.4 is 0 Å². The Hall–Kier alpha value is -2.64. The van der Waals surface area contributed by atoms with E-state index in [4.69, 9.17) is 16.1 Å². The number of benzene rings is 2. The standard InChI is InChI=1S/C21H17ClFN3O2S/c1-13-18(19(25-28-13)16-4-2-3-5-17(16)22)20(27)26-11-10-24-21(26)29-12-14-6-8-15(23)9-7-14/h2-9H,10-12H2,1H3. The summed E-state index contributed by atoms with van der Waals surface area (Å²) in [6.45, 7) is 2.72. The van der Waals surface area contributed by atoms with Crippen molar-refractivity contribution < 1.29 is 13.7 Å². The molecule has 0 saturated carbocycles. The van der Waals surface area contributed by atoms with Gasteiger partial charge in [0.1, 0.15) is 22.8 Å². The molecule has 1 amide bonds. The van der Waals surface area contributed by atoms with Gasteiger partial charge in [0.25, 0.3) is 5.91 Å². The van der Waals surface area contributed by atoms with Gasteiger partial charge in [-0.15, -0.1) is 0 Å². The first-order chi connectivity index (χ1) is 14.0. The van der Waals surface area contributed by atoms with Gasteiger partial charge in [-0.3, -0.25) is 14.7 Å². The predicted molar refractivity (Wildman–Crippen MR) is 113 cm³/mol. The van der Waals surface area contributed by atoms with Crippen LogP contribution in [0.25, 0.3) is 11.3 Å². The summed E-state index contributed by atoms with van der Waals surface area (Å²) in [7, 11) is 0. The van der Waals surface area contributed by atoms with E-state index in [1.165, 1.54) is 23.9 Å². The minimum Gasteiger partial charge on any atom is -0.360 e. The monoisotopic (exact) mass is 429 g/mol. The minimum absolute atomic E-state index is 0.221. The first-order valence-electron chi connectivity index (χ1n) is 8.99. The summed E-state index contributed by atoms with van der Waals surface area (Å²) in [5.41, 5.74) is 2.41. The molecule has 0 N–H and O–H groups in total. The lowest BCUT2D eigenvalue weighted by Crippen LogP contribution is -2.33. The number of thioether (sulfide) groups is 1. The Morgan fingerprint density at radius 3 is 2.76 bits per heavy atom. The van der Waals surface area contributed by atoms with E-state index < -0.39 is 0 Å². The van der Waals surface area contributed by atoms with Crippen LogP contribution in [-0.4, -0.2) is 34.2 Å². The van der Waals surface area contributed by atoms with Crippen molar-refractivity contribution in [1.82, 2.24) is 10.1 Å². The van der Waals surface area contributed by atoms with Gasteiger partial charge in [0, 0.05) is 17.9 Å². The van der Waals surface area contributed by atoms with Gasteiger partial charge in [-0.05, 0) is 30.7 Å². The van der Waals surface area contributed by atoms with E-state index in [1.807, 2.05) is 12.1 Å². The fourth-order valence-electron chi connectivity index (χ4n) is 3.06. The third kappa shape index (κ3) is 4.06. The first kappa shape index (κ1) is 19.7. The molecule has 0 bridgehead atoms. The van der Waals surface area contributed by atoms with Crippen LogP contribution in [0.2, 0.25) is 5.02 Å². The van der Waals surface area contributed by atoms with Crippen LogP contribution >= 0.6 is 23.4 Å². The molecule has 0 saturated heterocycles. The van der Waals surface area contributed by atoms with Crippen LogP contribution in [-0.2, 0) is 5.75 Å². The zero-order chi connectivity index (χ0) is 20.4. The van der Waals surface area contributed by atoms with Gasteiger partial charge >= 0.3 is 0 Å². The fourth-order valence-corrected chi connectivity index (χ4v) is 4.29. The van der Waals surface area contributed by atoms with Crippen molar-refractivity contribution in [3.8, 4) is 11.3 Å². The van der Waals surface area contributed by atoms with Crippen molar-refractivity contribution in [1.29, 1.82) is 0 Å². The van der Waals surface area contributed by atoms with Gasteiger partial charge in [-0.25, -0.2) is 4.39 Å².